The lowest BCUT2D eigenvalue weighted by molar-refractivity contribution is 0.0251. The fraction of sp³-hybridized carbons (Fsp3) is 0.800. The molecule has 1 amide bonds. The second-order valence-corrected chi connectivity index (χ2v) is 2.02. The summed E-state index contributed by atoms with van der Waals surface area (Å²) in [7, 11) is 3.09. The first-order chi connectivity index (χ1) is 4.09. The third-order valence-corrected chi connectivity index (χ3v) is 1.43. The summed E-state index contributed by atoms with van der Waals surface area (Å²) in [5, 5.41) is -0.510. The number of amides is 1. The first kappa shape index (κ1) is 8.72. The second kappa shape index (κ2) is 3.69. The topological polar surface area (TPSA) is 29.5 Å². The molecule has 1 unspecified atom stereocenters. The molecule has 0 aromatic heterocycles. The maximum Gasteiger partial charge on any atom is 0.318 e. The summed E-state index contributed by atoms with van der Waals surface area (Å²) < 4.78 is 4.79. The minimum Gasteiger partial charge on any atom is -0.362 e. The highest BCUT2D eigenvalue weighted by molar-refractivity contribution is 6.62. The van der Waals surface area contributed by atoms with Crippen molar-refractivity contribution in [1.82, 2.24) is 4.90 Å². The molecule has 0 heterocycles. The van der Waals surface area contributed by atoms with Crippen molar-refractivity contribution in [3.63, 3.8) is 0 Å². The molecule has 4 heteroatoms. The van der Waals surface area contributed by atoms with Crippen molar-refractivity contribution in [2.45, 2.75) is 13.2 Å². The molecule has 9 heavy (non-hydrogen) atoms. The van der Waals surface area contributed by atoms with E-state index in [4.69, 9.17) is 16.3 Å². The Hall–Kier alpha value is -0.280. The van der Waals surface area contributed by atoms with Gasteiger partial charge in [0, 0.05) is 14.2 Å². The van der Waals surface area contributed by atoms with Gasteiger partial charge in [0.05, 0.1) is 0 Å². The number of ether oxygens (including phenoxy) is 1. The van der Waals surface area contributed by atoms with E-state index in [0.29, 0.717) is 0 Å². The van der Waals surface area contributed by atoms with Crippen molar-refractivity contribution in [2.75, 3.05) is 14.2 Å². The molecule has 0 aliphatic heterocycles. The summed E-state index contributed by atoms with van der Waals surface area (Å²) in [6.45, 7) is 1.74. The van der Waals surface area contributed by atoms with Crippen LogP contribution in [0.2, 0.25) is 0 Å². The molecule has 0 fully saturated rings. The zero-order valence-corrected chi connectivity index (χ0v) is 6.47. The van der Waals surface area contributed by atoms with E-state index in [2.05, 4.69) is 0 Å². The second-order valence-electron chi connectivity index (χ2n) is 1.70. The highest BCUT2D eigenvalue weighted by Crippen LogP contribution is 1.99. The molecule has 0 aliphatic carbocycles. The van der Waals surface area contributed by atoms with Crippen LogP contribution < -0.4 is 0 Å². The van der Waals surface area contributed by atoms with Gasteiger partial charge in [-0.15, -0.1) is 0 Å². The van der Waals surface area contributed by atoms with Crippen molar-refractivity contribution in [2.24, 2.45) is 0 Å². The first-order valence-corrected chi connectivity index (χ1v) is 2.92. The SMILES string of the molecule is COC(C)N(C)C(=O)Cl. The first-order valence-electron chi connectivity index (χ1n) is 2.54. The van der Waals surface area contributed by atoms with E-state index in [1.807, 2.05) is 0 Å². The van der Waals surface area contributed by atoms with Gasteiger partial charge in [-0.1, -0.05) is 0 Å². The largest absolute Gasteiger partial charge is 0.362 e. The Labute approximate surface area is 59.5 Å². The summed E-state index contributed by atoms with van der Waals surface area (Å²) in [6.07, 6.45) is -0.255. The molecule has 0 saturated carbocycles. The van der Waals surface area contributed by atoms with Crippen molar-refractivity contribution in [1.29, 1.82) is 0 Å². The normalized spacial score (nSPS) is 12.9. The van der Waals surface area contributed by atoms with Crippen LogP contribution in [0.25, 0.3) is 0 Å². The van der Waals surface area contributed by atoms with E-state index in [0.717, 1.165) is 0 Å². The van der Waals surface area contributed by atoms with E-state index >= 15 is 0 Å². The Balaban J connectivity index is 3.72. The molecule has 0 aliphatic rings. The van der Waals surface area contributed by atoms with Gasteiger partial charge in [0.25, 0.3) is 0 Å². The zero-order valence-electron chi connectivity index (χ0n) is 5.72. The number of methoxy groups -OCH3 is 1. The fourth-order valence-corrected chi connectivity index (χ4v) is 0.438. The zero-order chi connectivity index (χ0) is 7.44. The lowest BCUT2D eigenvalue weighted by atomic mass is 10.6. The van der Waals surface area contributed by atoms with Gasteiger partial charge in [-0.25, -0.2) is 0 Å². The lowest BCUT2D eigenvalue weighted by Crippen LogP contribution is -2.32. The van der Waals surface area contributed by atoms with E-state index < -0.39 is 5.37 Å². The van der Waals surface area contributed by atoms with E-state index in [-0.39, 0.29) is 6.23 Å². The van der Waals surface area contributed by atoms with Gasteiger partial charge in [0.1, 0.15) is 6.23 Å². The average Bonchev–Trinajstić information content (AvgIpc) is 1.84. The fourth-order valence-electron chi connectivity index (χ4n) is 0.301. The molecule has 0 saturated heterocycles. The summed E-state index contributed by atoms with van der Waals surface area (Å²) >= 11 is 5.11. The highest BCUT2D eigenvalue weighted by atomic mass is 35.5. The maximum absolute atomic E-state index is 10.4. The van der Waals surface area contributed by atoms with Crippen LogP contribution in [0.3, 0.4) is 0 Å². The molecule has 54 valence electrons. The molecular formula is C5H10ClNO2. The number of carbonyl (C=O) groups excluding carboxylic acids is 1. The molecule has 0 spiro atoms. The van der Waals surface area contributed by atoms with Crippen LogP contribution in [0, 0.1) is 0 Å². The van der Waals surface area contributed by atoms with Gasteiger partial charge in [0.2, 0.25) is 0 Å². The number of hydrogen-bond donors (Lipinski definition) is 0. The van der Waals surface area contributed by atoms with Crippen LogP contribution in [-0.4, -0.2) is 30.7 Å². The smallest absolute Gasteiger partial charge is 0.318 e. The number of hydrogen-bond acceptors (Lipinski definition) is 2. The van der Waals surface area contributed by atoms with E-state index in [1.165, 1.54) is 12.0 Å². The van der Waals surface area contributed by atoms with Gasteiger partial charge < -0.3 is 9.64 Å². The van der Waals surface area contributed by atoms with Crippen LogP contribution in [0.4, 0.5) is 4.79 Å². The quantitative estimate of drug-likeness (QED) is 0.338. The lowest BCUT2D eigenvalue weighted by Gasteiger charge is -2.19. The highest BCUT2D eigenvalue weighted by Gasteiger charge is 2.10. The Morgan fingerprint density at radius 3 is 2.33 bits per heavy atom. The van der Waals surface area contributed by atoms with Crippen molar-refractivity contribution in [3.8, 4) is 0 Å². The Morgan fingerprint density at radius 1 is 1.78 bits per heavy atom. The average molecular weight is 152 g/mol. The Kier molecular flexibility index (Phi) is 3.58. The molecule has 0 radical (unpaired) electrons. The van der Waals surface area contributed by atoms with Gasteiger partial charge in [-0.2, -0.15) is 0 Å². The molecule has 3 nitrogen and oxygen atoms in total. The third-order valence-electron chi connectivity index (χ3n) is 1.16. The monoisotopic (exact) mass is 151 g/mol. The van der Waals surface area contributed by atoms with Crippen LogP contribution in [-0.2, 0) is 4.74 Å². The third kappa shape index (κ3) is 2.67. The van der Waals surface area contributed by atoms with Crippen LogP contribution in [0.1, 0.15) is 6.92 Å². The van der Waals surface area contributed by atoms with Gasteiger partial charge in [0.15, 0.2) is 0 Å². The van der Waals surface area contributed by atoms with Crippen LogP contribution in [0.15, 0.2) is 0 Å². The summed E-state index contributed by atoms with van der Waals surface area (Å²) in [4.78, 5) is 11.6. The summed E-state index contributed by atoms with van der Waals surface area (Å²) in [5.74, 6) is 0. The minimum atomic E-state index is -0.510. The van der Waals surface area contributed by atoms with Gasteiger partial charge in [-0.3, -0.25) is 4.79 Å². The summed E-state index contributed by atoms with van der Waals surface area (Å²) in [6, 6.07) is 0. The predicted octanol–water partition coefficient (Wildman–Crippen LogP) is 1.27. The molecule has 0 bridgehead atoms. The number of halogens is 1. The number of rotatable bonds is 2. The molecule has 0 aromatic carbocycles. The molecule has 1 atom stereocenters. The van der Waals surface area contributed by atoms with Gasteiger partial charge in [-0.05, 0) is 18.5 Å². The molecule has 0 aromatic rings. The minimum absolute atomic E-state index is 0.255. The van der Waals surface area contributed by atoms with E-state index in [1.54, 1.807) is 14.0 Å². The number of carbonyl (C=O) groups is 1. The maximum atomic E-state index is 10.4. The summed E-state index contributed by atoms with van der Waals surface area (Å²) in [5.41, 5.74) is 0. The van der Waals surface area contributed by atoms with E-state index in [9.17, 15) is 4.79 Å². The Morgan fingerprint density at radius 2 is 2.22 bits per heavy atom. The van der Waals surface area contributed by atoms with Crippen molar-refractivity contribution < 1.29 is 9.53 Å². The molecule has 0 rings (SSSR count). The molecule has 0 N–H and O–H groups in total. The molecular weight excluding hydrogens is 142 g/mol. The van der Waals surface area contributed by atoms with Crippen LogP contribution in [0.5, 0.6) is 0 Å². The Bertz CT molecular complexity index is 107. The predicted molar refractivity (Wildman–Crippen MR) is 35.5 cm³/mol. The van der Waals surface area contributed by atoms with Crippen LogP contribution >= 0.6 is 11.6 Å². The number of nitrogens with zero attached hydrogens (tertiary/aromatic N) is 1. The van der Waals surface area contributed by atoms with Crippen molar-refractivity contribution >= 4 is 17.0 Å². The van der Waals surface area contributed by atoms with Crippen molar-refractivity contribution in [3.05, 3.63) is 0 Å². The van der Waals surface area contributed by atoms with Gasteiger partial charge >= 0.3 is 5.37 Å². The standard InChI is InChI=1S/C5H10ClNO2/c1-4(9-3)7(2)5(6)8/h4H,1-3H3.